The van der Waals surface area contributed by atoms with Crippen molar-refractivity contribution in [3.63, 3.8) is 0 Å². The van der Waals surface area contributed by atoms with Crippen molar-refractivity contribution in [1.82, 2.24) is 20.4 Å². The molecule has 0 aliphatic carbocycles. The lowest BCUT2D eigenvalue weighted by molar-refractivity contribution is -0.384. The Labute approximate surface area is 268 Å². The zero-order chi connectivity index (χ0) is 33.6. The summed E-state index contributed by atoms with van der Waals surface area (Å²) in [5, 5.41) is 57.1. The van der Waals surface area contributed by atoms with Crippen LogP contribution in [0.15, 0.2) is 110 Å². The molecule has 0 aliphatic rings. The SMILES string of the molecule is O=C(O)c1ccc(Cl)c([N+](=O)[O-])c1.O=C(O)c1ccc(Cl)c([N+](=O)[O-])c1.c1ccc2cnncc2c1.c1ccc2cnncc2c1. The normalized spacial score (nSPS) is 9.78. The number of fused-ring (bicyclic) bond motifs is 2. The van der Waals surface area contributed by atoms with Crippen LogP contribution >= 0.6 is 23.2 Å². The van der Waals surface area contributed by atoms with Crippen LogP contribution in [0.1, 0.15) is 20.7 Å². The van der Waals surface area contributed by atoms with Gasteiger partial charge in [-0.15, -0.1) is 0 Å². The summed E-state index contributed by atoms with van der Waals surface area (Å²) in [6.07, 6.45) is 7.04. The first kappa shape index (κ1) is 34.4. The lowest BCUT2D eigenvalue weighted by Crippen LogP contribution is -1.98. The van der Waals surface area contributed by atoms with E-state index >= 15 is 0 Å². The van der Waals surface area contributed by atoms with E-state index in [9.17, 15) is 29.8 Å². The summed E-state index contributed by atoms with van der Waals surface area (Å²) in [4.78, 5) is 40.0. The first-order chi connectivity index (χ1) is 22.0. The van der Waals surface area contributed by atoms with Gasteiger partial charge in [-0.25, -0.2) is 9.59 Å². The van der Waals surface area contributed by atoms with Gasteiger partial charge in [-0.05, 0) is 24.3 Å². The summed E-state index contributed by atoms with van der Waals surface area (Å²) in [7, 11) is 0. The number of benzene rings is 4. The van der Waals surface area contributed by atoms with E-state index in [1.54, 1.807) is 24.8 Å². The molecular formula is C30H20Cl2N6O8. The van der Waals surface area contributed by atoms with Crippen molar-refractivity contribution in [3.05, 3.63) is 151 Å². The predicted octanol–water partition coefficient (Wildman–Crippen LogP) is 7.15. The minimum Gasteiger partial charge on any atom is -0.478 e. The summed E-state index contributed by atoms with van der Waals surface area (Å²) < 4.78 is 0. The van der Waals surface area contributed by atoms with Crippen molar-refractivity contribution in [2.75, 3.05) is 0 Å². The number of hydrogen-bond acceptors (Lipinski definition) is 10. The third-order valence-corrected chi connectivity index (χ3v) is 6.33. The van der Waals surface area contributed by atoms with Crippen molar-refractivity contribution in [1.29, 1.82) is 0 Å². The molecule has 6 rings (SSSR count). The third kappa shape index (κ3) is 9.97. The molecule has 2 aromatic heterocycles. The zero-order valence-corrected chi connectivity index (χ0v) is 24.7. The number of carbonyl (C=O) groups is 2. The van der Waals surface area contributed by atoms with Crippen molar-refractivity contribution < 1.29 is 29.6 Å². The molecule has 232 valence electrons. The molecule has 14 nitrogen and oxygen atoms in total. The lowest BCUT2D eigenvalue weighted by Gasteiger charge is -1.96. The highest BCUT2D eigenvalue weighted by Crippen LogP contribution is 2.25. The molecular weight excluding hydrogens is 643 g/mol. The number of nitro groups is 2. The quantitative estimate of drug-likeness (QED) is 0.142. The molecule has 2 heterocycles. The van der Waals surface area contributed by atoms with Crippen LogP contribution in [-0.4, -0.2) is 52.4 Å². The third-order valence-electron chi connectivity index (χ3n) is 5.69. The lowest BCUT2D eigenvalue weighted by atomic mass is 10.2. The van der Waals surface area contributed by atoms with Crippen LogP contribution in [0.25, 0.3) is 21.5 Å². The smallest absolute Gasteiger partial charge is 0.335 e. The average molecular weight is 663 g/mol. The minimum absolute atomic E-state index is 0.0741. The molecule has 0 atom stereocenters. The number of carboxylic acids is 2. The van der Waals surface area contributed by atoms with Gasteiger partial charge in [-0.1, -0.05) is 71.7 Å². The Kier molecular flexibility index (Phi) is 12.4. The number of nitrogens with zero attached hydrogens (tertiary/aromatic N) is 6. The fourth-order valence-corrected chi connectivity index (χ4v) is 3.82. The molecule has 4 aromatic carbocycles. The van der Waals surface area contributed by atoms with Gasteiger partial charge in [0.1, 0.15) is 10.0 Å². The Balaban J connectivity index is 0.000000168. The van der Waals surface area contributed by atoms with Crippen LogP contribution in [0.3, 0.4) is 0 Å². The highest BCUT2D eigenvalue weighted by atomic mass is 35.5. The maximum atomic E-state index is 10.4. The summed E-state index contributed by atoms with van der Waals surface area (Å²) in [5.41, 5.74) is -1.12. The number of halogens is 2. The molecule has 0 spiro atoms. The Bertz CT molecular complexity index is 1750. The second-order valence-corrected chi connectivity index (χ2v) is 9.51. The van der Waals surface area contributed by atoms with E-state index in [4.69, 9.17) is 33.4 Å². The fraction of sp³-hybridized carbons (Fsp3) is 0. The highest BCUT2D eigenvalue weighted by Gasteiger charge is 2.16. The molecule has 16 heteroatoms. The second-order valence-electron chi connectivity index (χ2n) is 8.69. The van der Waals surface area contributed by atoms with Gasteiger partial charge in [-0.3, -0.25) is 20.2 Å². The van der Waals surface area contributed by atoms with Crippen molar-refractivity contribution in [3.8, 4) is 0 Å². The molecule has 0 saturated carbocycles. The monoisotopic (exact) mass is 662 g/mol. The fourth-order valence-electron chi connectivity index (χ4n) is 3.45. The molecule has 0 amide bonds. The van der Waals surface area contributed by atoms with Gasteiger partial charge in [0, 0.05) is 33.7 Å². The van der Waals surface area contributed by atoms with E-state index in [1.165, 1.54) is 24.3 Å². The van der Waals surface area contributed by atoms with Crippen LogP contribution in [0.2, 0.25) is 10.0 Å². The van der Waals surface area contributed by atoms with Crippen LogP contribution in [0.5, 0.6) is 0 Å². The van der Waals surface area contributed by atoms with E-state index in [2.05, 4.69) is 20.4 Å². The maximum absolute atomic E-state index is 10.4. The van der Waals surface area contributed by atoms with Crippen molar-refractivity contribution in [2.24, 2.45) is 0 Å². The van der Waals surface area contributed by atoms with Gasteiger partial charge in [0.25, 0.3) is 11.4 Å². The van der Waals surface area contributed by atoms with Gasteiger partial charge >= 0.3 is 11.9 Å². The topological polar surface area (TPSA) is 212 Å². The molecule has 6 aromatic rings. The van der Waals surface area contributed by atoms with Crippen molar-refractivity contribution in [2.45, 2.75) is 0 Å². The van der Waals surface area contributed by atoms with Gasteiger partial charge in [-0.2, -0.15) is 20.4 Å². The Morgan fingerprint density at radius 3 is 1.07 bits per heavy atom. The van der Waals surface area contributed by atoms with Gasteiger partial charge < -0.3 is 10.2 Å². The molecule has 0 fully saturated rings. The molecule has 0 saturated heterocycles. The van der Waals surface area contributed by atoms with Gasteiger partial charge in [0.05, 0.1) is 45.8 Å². The minimum atomic E-state index is -1.22. The molecule has 46 heavy (non-hydrogen) atoms. The Morgan fingerprint density at radius 1 is 0.543 bits per heavy atom. The summed E-state index contributed by atoms with van der Waals surface area (Å²) in [5.74, 6) is -2.44. The van der Waals surface area contributed by atoms with Crippen molar-refractivity contribution >= 4 is 68.1 Å². The van der Waals surface area contributed by atoms with Crippen LogP contribution < -0.4 is 0 Å². The summed E-state index contributed by atoms with van der Waals surface area (Å²) in [6.45, 7) is 0. The number of aromatic carboxylic acids is 2. The van der Waals surface area contributed by atoms with E-state index in [-0.39, 0.29) is 21.2 Å². The van der Waals surface area contributed by atoms with Crippen LogP contribution in [0.4, 0.5) is 11.4 Å². The maximum Gasteiger partial charge on any atom is 0.335 e. The summed E-state index contributed by atoms with van der Waals surface area (Å²) >= 11 is 10.9. The first-order valence-electron chi connectivity index (χ1n) is 12.6. The summed E-state index contributed by atoms with van der Waals surface area (Å²) in [6, 6.07) is 22.7. The highest BCUT2D eigenvalue weighted by molar-refractivity contribution is 6.33. The van der Waals surface area contributed by atoms with Crippen LogP contribution in [-0.2, 0) is 0 Å². The molecule has 2 N–H and O–H groups in total. The number of nitro benzene ring substituents is 2. The second kappa shape index (κ2) is 16.7. The first-order valence-corrected chi connectivity index (χ1v) is 13.4. The average Bonchev–Trinajstić information content (AvgIpc) is 3.05. The van der Waals surface area contributed by atoms with Crippen LogP contribution in [0, 0.1) is 20.2 Å². The number of carboxylic acid groups (broad SMARTS) is 2. The van der Waals surface area contributed by atoms with E-state index in [0.717, 1.165) is 33.7 Å². The standard InChI is InChI=1S/2C8H6N2.2C7H4ClNO4/c2*1-2-4-8-6-10-9-5-7(8)3-1;2*8-5-2-1-4(7(10)11)3-6(5)9(12)13/h2*1-6H;2*1-3H,(H,10,11). The van der Waals surface area contributed by atoms with Gasteiger partial charge in [0.2, 0.25) is 0 Å². The van der Waals surface area contributed by atoms with Gasteiger partial charge in [0.15, 0.2) is 0 Å². The molecule has 0 aliphatic heterocycles. The number of hydrogen-bond donors (Lipinski definition) is 2. The molecule has 0 bridgehead atoms. The number of aromatic nitrogens is 4. The number of rotatable bonds is 4. The molecule has 0 unspecified atom stereocenters. The Hall–Kier alpha value is -6.12. The zero-order valence-electron chi connectivity index (χ0n) is 23.2. The van der Waals surface area contributed by atoms with E-state index in [0.29, 0.717) is 0 Å². The predicted molar refractivity (Wildman–Crippen MR) is 169 cm³/mol. The van der Waals surface area contributed by atoms with E-state index < -0.39 is 33.2 Å². The molecule has 0 radical (unpaired) electrons. The van der Waals surface area contributed by atoms with E-state index in [1.807, 2.05) is 48.5 Å². The largest absolute Gasteiger partial charge is 0.478 e. The Morgan fingerprint density at radius 2 is 0.826 bits per heavy atom.